The topological polar surface area (TPSA) is 95.1 Å². The van der Waals surface area contributed by atoms with Gasteiger partial charge >= 0.3 is 10.4 Å². The minimum Gasteiger partial charge on any atom is -0.345 e. The molecule has 2 aromatic heterocycles. The molecule has 1 unspecified atom stereocenters. The van der Waals surface area contributed by atoms with E-state index >= 15 is 4.39 Å². The summed E-state index contributed by atoms with van der Waals surface area (Å²) in [5.41, 5.74) is 0.605. The van der Waals surface area contributed by atoms with Crippen molar-refractivity contribution in [1.29, 1.82) is 0 Å². The summed E-state index contributed by atoms with van der Waals surface area (Å²) < 4.78 is 54.0. The third kappa shape index (κ3) is 4.66. The Labute approximate surface area is 194 Å². The van der Waals surface area contributed by atoms with E-state index in [-0.39, 0.29) is 11.3 Å². The molecule has 10 heteroatoms. The maximum absolute atomic E-state index is 15.1. The molecule has 0 saturated heterocycles. The molecule has 4 aromatic rings. The van der Waals surface area contributed by atoms with E-state index in [1.807, 2.05) is 0 Å². The number of pyridine rings is 1. The van der Waals surface area contributed by atoms with Crippen molar-refractivity contribution in [3.8, 4) is 11.1 Å². The predicted octanol–water partition coefficient (Wildman–Crippen LogP) is 6.10. The molecule has 0 bridgehead atoms. The van der Waals surface area contributed by atoms with Gasteiger partial charge in [-0.2, -0.15) is 9.27 Å². The van der Waals surface area contributed by atoms with Crippen LogP contribution in [0.2, 0.25) is 5.02 Å². The van der Waals surface area contributed by atoms with Crippen molar-refractivity contribution in [2.45, 2.75) is 13.3 Å². The number of carbonyl (C=O) groups excluding carboxylic acids is 1. The molecule has 2 aromatic carbocycles. The number of rotatable bonds is 7. The number of aromatic amines is 1. The summed E-state index contributed by atoms with van der Waals surface area (Å²) in [4.78, 5) is 20.3. The number of benzene rings is 2. The average Bonchev–Trinajstić information content (AvgIpc) is 3.19. The number of nitrogens with one attached hydrogen (secondary N) is 2. The van der Waals surface area contributed by atoms with Crippen molar-refractivity contribution in [1.82, 2.24) is 9.97 Å². The zero-order valence-electron chi connectivity index (χ0n) is 17.4. The molecular weight excluding hydrogens is 472 g/mol. The van der Waals surface area contributed by atoms with Crippen molar-refractivity contribution in [3.05, 3.63) is 82.6 Å². The van der Waals surface area contributed by atoms with E-state index in [1.165, 1.54) is 6.20 Å². The first-order valence-electron chi connectivity index (χ1n) is 9.98. The number of nitrogens with zero attached hydrogens (tertiary/aromatic N) is 1. The molecule has 4 rings (SSSR count). The number of H-pyrrole nitrogens is 1. The highest BCUT2D eigenvalue weighted by Gasteiger charge is 2.30. The predicted molar refractivity (Wildman–Crippen MR) is 126 cm³/mol. The lowest BCUT2D eigenvalue weighted by molar-refractivity contribution is 0.103. The largest absolute Gasteiger partial charge is 0.345 e. The van der Waals surface area contributed by atoms with Crippen LogP contribution < -0.4 is 4.72 Å². The van der Waals surface area contributed by atoms with Crippen molar-refractivity contribution >= 4 is 44.5 Å². The van der Waals surface area contributed by atoms with E-state index in [4.69, 9.17) is 11.6 Å². The lowest BCUT2D eigenvalue weighted by atomic mass is 10.00. The third-order valence-electron chi connectivity index (χ3n) is 5.02. The quantitative estimate of drug-likeness (QED) is 0.215. The van der Waals surface area contributed by atoms with Crippen LogP contribution in [0.5, 0.6) is 0 Å². The number of ketones is 1. The summed E-state index contributed by atoms with van der Waals surface area (Å²) in [6.45, 7) is 1.69. The van der Waals surface area contributed by atoms with E-state index in [9.17, 15) is 17.9 Å². The van der Waals surface area contributed by atoms with Gasteiger partial charge in [-0.3, -0.25) is 4.79 Å². The molecule has 0 saturated carbocycles. The molecule has 0 radical (unpaired) electrons. The first-order chi connectivity index (χ1) is 15.7. The molecule has 6 nitrogen and oxygen atoms in total. The second-order valence-corrected chi connectivity index (χ2v) is 9.72. The van der Waals surface area contributed by atoms with Crippen LogP contribution in [0, 0.1) is 11.6 Å². The minimum atomic E-state index is -3.59. The molecule has 170 valence electrons. The van der Waals surface area contributed by atoms with Gasteiger partial charge in [-0.15, -0.1) is 0 Å². The van der Waals surface area contributed by atoms with Crippen LogP contribution in [0.15, 0.2) is 54.9 Å². The van der Waals surface area contributed by atoms with E-state index < -0.39 is 39.1 Å². The standard InChI is InChI=1S/C23H18ClF2N3O3S/c1-2-9-33(31,32)29-19-8-7-18(25)20(21(19)26)22(30)17-12-28-23-16(17)10-14(11-27-23)13-3-5-15(24)6-4-13/h3-8,10-12H,2,9H2,1H3,(H2-,27,28,29,30,31,32)/p+1. The summed E-state index contributed by atoms with van der Waals surface area (Å²) in [6, 6.07) is 10.6. The first kappa shape index (κ1) is 23.0. The fourth-order valence-electron chi connectivity index (χ4n) is 3.47. The summed E-state index contributed by atoms with van der Waals surface area (Å²) in [7, 11) is -3.59. The Balaban J connectivity index is 1.77. The summed E-state index contributed by atoms with van der Waals surface area (Å²) in [5, 5.41) is 0.942. The highest BCUT2D eigenvalue weighted by Crippen LogP contribution is 2.30. The number of carbonyl (C=O) groups is 1. The monoisotopic (exact) mass is 490 g/mol. The Morgan fingerprint density at radius 2 is 1.91 bits per heavy atom. The Kier molecular flexibility index (Phi) is 6.29. The smallest absolute Gasteiger partial charge is 0.310 e. The Bertz CT molecular complexity index is 1410. The molecule has 33 heavy (non-hydrogen) atoms. The van der Waals surface area contributed by atoms with Gasteiger partial charge in [-0.1, -0.05) is 30.7 Å². The second-order valence-electron chi connectivity index (χ2n) is 7.39. The number of hydrogen-bond acceptors (Lipinski definition) is 3. The lowest BCUT2D eigenvalue weighted by Crippen LogP contribution is -2.25. The molecule has 0 spiro atoms. The fourth-order valence-corrected chi connectivity index (χ4v) is 4.75. The molecule has 0 fully saturated rings. The van der Waals surface area contributed by atoms with Crippen LogP contribution >= 0.6 is 11.6 Å². The van der Waals surface area contributed by atoms with Crippen molar-refractivity contribution < 1.29 is 22.3 Å². The highest BCUT2D eigenvalue weighted by molar-refractivity contribution is 7.98. The summed E-state index contributed by atoms with van der Waals surface area (Å²) >= 11 is 5.94. The number of fused-ring (bicyclic) bond motifs is 1. The molecule has 1 atom stereocenters. The maximum Gasteiger partial charge on any atom is 0.310 e. The SMILES string of the molecule is CCC[S+](=O)(O)Nc1ccc(F)c(C(=O)c2c[nH]c3ncc(-c4ccc(Cl)cc4)cc23)c1F. The van der Waals surface area contributed by atoms with E-state index in [1.54, 1.807) is 43.5 Å². The normalized spacial score (nSPS) is 13.1. The molecule has 3 N–H and O–H groups in total. The zero-order chi connectivity index (χ0) is 23.8. The highest BCUT2D eigenvalue weighted by atomic mass is 35.5. The van der Waals surface area contributed by atoms with Crippen molar-refractivity contribution in [2.75, 3.05) is 10.5 Å². The minimum absolute atomic E-state index is 0.0153. The van der Waals surface area contributed by atoms with Crippen LogP contribution in [-0.2, 0) is 14.6 Å². The van der Waals surface area contributed by atoms with Crippen LogP contribution in [0.3, 0.4) is 0 Å². The second kappa shape index (κ2) is 9.01. The molecule has 0 aliphatic heterocycles. The maximum atomic E-state index is 15.1. The first-order valence-corrected chi connectivity index (χ1v) is 12.0. The van der Waals surface area contributed by atoms with Gasteiger partial charge in [-0.05, 0) is 46.5 Å². The summed E-state index contributed by atoms with van der Waals surface area (Å²) in [5.74, 6) is -3.38. The lowest BCUT2D eigenvalue weighted by Gasteiger charge is -2.10. The molecule has 0 aliphatic rings. The summed E-state index contributed by atoms with van der Waals surface area (Å²) in [6.07, 6.45) is 3.31. The van der Waals surface area contributed by atoms with E-state index in [0.29, 0.717) is 28.0 Å². The van der Waals surface area contributed by atoms with Crippen LogP contribution in [0.25, 0.3) is 22.2 Å². The number of aromatic nitrogens is 2. The van der Waals surface area contributed by atoms with Crippen molar-refractivity contribution in [2.24, 2.45) is 0 Å². The van der Waals surface area contributed by atoms with Gasteiger partial charge in [-0.25, -0.2) is 13.8 Å². The van der Waals surface area contributed by atoms with Crippen molar-refractivity contribution in [3.63, 3.8) is 0 Å². The molecular formula is C23H19ClF2N3O3S+. The van der Waals surface area contributed by atoms with Gasteiger partial charge < -0.3 is 4.98 Å². The van der Waals surface area contributed by atoms with Crippen LogP contribution in [-0.4, -0.2) is 26.1 Å². The fraction of sp³-hybridized carbons (Fsp3) is 0.130. The Morgan fingerprint density at radius 1 is 1.18 bits per heavy atom. The number of anilines is 1. The van der Waals surface area contributed by atoms with Gasteiger partial charge in [0.1, 0.15) is 17.2 Å². The Hall–Kier alpha value is -3.14. The van der Waals surface area contributed by atoms with Gasteiger partial charge in [0.2, 0.25) is 5.78 Å². The van der Waals surface area contributed by atoms with Gasteiger partial charge in [0.15, 0.2) is 11.6 Å². The average molecular weight is 491 g/mol. The third-order valence-corrected chi connectivity index (χ3v) is 6.77. The van der Waals surface area contributed by atoms with Gasteiger partial charge in [0.25, 0.3) is 0 Å². The number of hydrogen-bond donors (Lipinski definition) is 3. The van der Waals surface area contributed by atoms with Crippen LogP contribution in [0.4, 0.5) is 14.5 Å². The van der Waals surface area contributed by atoms with Gasteiger partial charge in [0.05, 0.1) is 5.56 Å². The van der Waals surface area contributed by atoms with Gasteiger partial charge in [0, 0.05) is 33.9 Å². The molecule has 0 amide bonds. The molecule has 2 heterocycles. The van der Waals surface area contributed by atoms with E-state index in [0.717, 1.165) is 17.7 Å². The zero-order valence-corrected chi connectivity index (χ0v) is 18.9. The van der Waals surface area contributed by atoms with E-state index in [2.05, 4.69) is 14.7 Å². The number of halogens is 3. The molecule has 0 aliphatic carbocycles. The van der Waals surface area contributed by atoms with Crippen LogP contribution in [0.1, 0.15) is 29.3 Å². The Morgan fingerprint density at radius 3 is 2.61 bits per heavy atom.